The van der Waals surface area contributed by atoms with Gasteiger partial charge in [-0.25, -0.2) is 18.1 Å². The third-order valence-electron chi connectivity index (χ3n) is 6.20. The molecule has 2 aromatic heterocycles. The molecule has 0 unspecified atom stereocenters. The Morgan fingerprint density at radius 3 is 2.54 bits per heavy atom. The van der Waals surface area contributed by atoms with Gasteiger partial charge in [-0.1, -0.05) is 6.07 Å². The number of sulfonamides is 1. The van der Waals surface area contributed by atoms with E-state index in [1.807, 2.05) is 26.0 Å². The van der Waals surface area contributed by atoms with Gasteiger partial charge in [0, 0.05) is 12.1 Å². The zero-order chi connectivity index (χ0) is 24.9. The Balaban J connectivity index is 1.45. The second kappa shape index (κ2) is 8.46. The number of rotatable bonds is 5. The summed E-state index contributed by atoms with van der Waals surface area (Å²) < 4.78 is 28.4. The Hall–Kier alpha value is -3.79. The van der Waals surface area contributed by atoms with Gasteiger partial charge < -0.3 is 0 Å². The lowest BCUT2D eigenvalue weighted by Gasteiger charge is -2.29. The minimum absolute atomic E-state index is 0.176. The van der Waals surface area contributed by atoms with Crippen LogP contribution in [0.15, 0.2) is 53.7 Å². The van der Waals surface area contributed by atoms with Crippen LogP contribution in [-0.4, -0.2) is 46.3 Å². The van der Waals surface area contributed by atoms with Crippen LogP contribution in [-0.2, 0) is 23.0 Å². The molecule has 10 heteroatoms. The number of hydrogen-bond donors (Lipinski definition) is 0. The molecule has 0 fully saturated rings. The Labute approximate surface area is 202 Å². The fourth-order valence-electron chi connectivity index (χ4n) is 4.65. The number of carbonyl (C=O) groups excluding carboxylic acids is 1. The minimum Gasteiger partial charge on any atom is -0.292 e. The Bertz CT molecular complexity index is 1630. The highest BCUT2D eigenvalue weighted by Crippen LogP contribution is 2.30. The monoisotopic (exact) mass is 491 g/mol. The lowest BCUT2D eigenvalue weighted by Crippen LogP contribution is -2.34. The third-order valence-corrected chi connectivity index (χ3v) is 7.38. The number of nitrogens with zero attached hydrogens (tertiary/aromatic N) is 5. The quantitative estimate of drug-likeness (QED) is 0.398. The summed E-state index contributed by atoms with van der Waals surface area (Å²) in [5, 5.41) is 4.69. The van der Waals surface area contributed by atoms with Gasteiger partial charge in [-0.2, -0.15) is 5.10 Å². The average molecular weight is 492 g/mol. The molecule has 1 aliphatic heterocycles. The molecule has 3 heterocycles. The van der Waals surface area contributed by atoms with E-state index in [1.165, 1.54) is 27.7 Å². The van der Waals surface area contributed by atoms with E-state index in [4.69, 9.17) is 0 Å². The average Bonchev–Trinajstić information content (AvgIpc) is 3.24. The lowest BCUT2D eigenvalue weighted by atomic mass is 9.99. The summed E-state index contributed by atoms with van der Waals surface area (Å²) in [7, 11) is -3.38. The first-order valence-corrected chi connectivity index (χ1v) is 13.1. The number of carbonyl (C=O) groups is 1. The maximum atomic E-state index is 13.1. The highest BCUT2D eigenvalue weighted by Gasteiger charge is 2.25. The van der Waals surface area contributed by atoms with Crippen LogP contribution in [0.25, 0.3) is 16.7 Å². The molecule has 0 aliphatic carbocycles. The normalized spacial score (nSPS) is 13.7. The molecule has 1 aliphatic rings. The first-order valence-electron chi connectivity index (χ1n) is 11.3. The molecule has 0 radical (unpaired) electrons. The van der Waals surface area contributed by atoms with E-state index >= 15 is 0 Å². The molecule has 4 aromatic rings. The predicted molar refractivity (Wildman–Crippen MR) is 134 cm³/mol. The van der Waals surface area contributed by atoms with E-state index in [2.05, 4.69) is 16.1 Å². The molecular weight excluding hydrogens is 466 g/mol. The van der Waals surface area contributed by atoms with E-state index in [0.717, 1.165) is 22.4 Å². The van der Waals surface area contributed by atoms with Crippen molar-refractivity contribution in [2.45, 2.75) is 33.2 Å². The van der Waals surface area contributed by atoms with E-state index in [9.17, 15) is 18.0 Å². The summed E-state index contributed by atoms with van der Waals surface area (Å²) >= 11 is 0. The van der Waals surface area contributed by atoms with Crippen LogP contribution in [0.3, 0.4) is 0 Å². The molecule has 0 N–H and O–H groups in total. The van der Waals surface area contributed by atoms with Crippen LogP contribution >= 0.6 is 0 Å². The number of Topliss-reactive ketones (excluding diaryl/α,β-unsaturated/α-hetero) is 1. The van der Waals surface area contributed by atoms with Crippen LogP contribution in [0, 0.1) is 13.8 Å². The smallest absolute Gasteiger partial charge is 0.264 e. The van der Waals surface area contributed by atoms with Gasteiger partial charge in [0.05, 0.1) is 30.4 Å². The van der Waals surface area contributed by atoms with Gasteiger partial charge in [0.2, 0.25) is 10.0 Å². The number of hydrogen-bond acceptors (Lipinski definition) is 6. The van der Waals surface area contributed by atoms with Gasteiger partial charge in [0.25, 0.3) is 5.56 Å². The molecule has 0 bridgehead atoms. The van der Waals surface area contributed by atoms with Gasteiger partial charge in [-0.15, -0.1) is 0 Å². The molecule has 180 valence electrons. The lowest BCUT2D eigenvalue weighted by molar-refractivity contribution is 0.0970. The fourth-order valence-corrected chi connectivity index (χ4v) is 5.65. The summed E-state index contributed by atoms with van der Waals surface area (Å²) in [5.41, 5.74) is 4.89. The molecule has 5 rings (SSSR count). The van der Waals surface area contributed by atoms with Crippen molar-refractivity contribution in [3.05, 3.63) is 81.5 Å². The molecule has 9 nitrogen and oxygen atoms in total. The predicted octanol–water partition coefficient (Wildman–Crippen LogP) is 2.79. The summed E-state index contributed by atoms with van der Waals surface area (Å²) in [5.74, 6) is -0.255. The molecule has 0 amide bonds. The zero-order valence-electron chi connectivity index (χ0n) is 19.7. The summed E-state index contributed by atoms with van der Waals surface area (Å²) in [4.78, 5) is 30.6. The van der Waals surface area contributed by atoms with Crippen molar-refractivity contribution >= 4 is 32.5 Å². The second-order valence-corrected chi connectivity index (χ2v) is 10.9. The zero-order valence-corrected chi connectivity index (χ0v) is 20.5. The summed E-state index contributed by atoms with van der Waals surface area (Å²) in [6, 6.07) is 11.0. The van der Waals surface area contributed by atoms with Gasteiger partial charge in [-0.05, 0) is 73.7 Å². The highest BCUT2D eigenvalue weighted by atomic mass is 32.2. The largest absolute Gasteiger partial charge is 0.292 e. The van der Waals surface area contributed by atoms with Crippen LogP contribution in [0.4, 0.5) is 5.69 Å². The molecule has 0 saturated heterocycles. The standard InChI is InChI=1S/C25H25N5O4S/c1-16-9-17(2)11-20(10-16)30-24-21(13-27-30)25(32)28(15-26-24)14-23(31)19-6-7-22-18(12-19)5-4-8-29(22)35(3,33)34/h6-7,9-13,15H,4-5,8,14H2,1-3H3. The topological polar surface area (TPSA) is 107 Å². The number of ketones is 1. The van der Waals surface area contributed by atoms with Crippen molar-refractivity contribution in [3.63, 3.8) is 0 Å². The van der Waals surface area contributed by atoms with E-state index in [1.54, 1.807) is 22.9 Å². The Morgan fingerprint density at radius 2 is 1.83 bits per heavy atom. The molecule has 0 saturated carbocycles. The number of fused-ring (bicyclic) bond motifs is 2. The summed E-state index contributed by atoms with van der Waals surface area (Å²) in [6.07, 6.45) is 5.39. The van der Waals surface area contributed by atoms with Crippen molar-refractivity contribution in [2.24, 2.45) is 0 Å². The van der Waals surface area contributed by atoms with Gasteiger partial charge >= 0.3 is 0 Å². The SMILES string of the molecule is Cc1cc(C)cc(-n2ncc3c(=O)n(CC(=O)c4ccc5c(c4)CCCN5S(C)(=O)=O)cnc32)c1. The number of benzene rings is 2. The molecule has 2 aromatic carbocycles. The highest BCUT2D eigenvalue weighted by molar-refractivity contribution is 7.92. The van der Waals surface area contributed by atoms with Crippen molar-refractivity contribution in [3.8, 4) is 5.69 Å². The minimum atomic E-state index is -3.38. The van der Waals surface area contributed by atoms with Crippen LogP contribution in [0.1, 0.15) is 33.5 Å². The second-order valence-electron chi connectivity index (χ2n) is 9.02. The van der Waals surface area contributed by atoms with Crippen LogP contribution < -0.4 is 9.86 Å². The molecule has 0 spiro atoms. The van der Waals surface area contributed by atoms with Gasteiger partial charge in [-0.3, -0.25) is 18.5 Å². The number of anilines is 1. The first kappa shape index (κ1) is 23.0. The maximum absolute atomic E-state index is 13.1. The van der Waals surface area contributed by atoms with Crippen molar-refractivity contribution in [1.82, 2.24) is 19.3 Å². The van der Waals surface area contributed by atoms with E-state index in [-0.39, 0.29) is 17.9 Å². The number of aryl methyl sites for hydroxylation is 3. The van der Waals surface area contributed by atoms with Crippen molar-refractivity contribution in [2.75, 3.05) is 17.1 Å². The Kier molecular flexibility index (Phi) is 5.55. The van der Waals surface area contributed by atoms with E-state index < -0.39 is 10.0 Å². The Morgan fingerprint density at radius 1 is 1.09 bits per heavy atom. The molecule has 35 heavy (non-hydrogen) atoms. The summed E-state index contributed by atoms with van der Waals surface area (Å²) in [6.45, 7) is 4.24. The van der Waals surface area contributed by atoms with Crippen molar-refractivity contribution < 1.29 is 13.2 Å². The fraction of sp³-hybridized carbons (Fsp3) is 0.280. The van der Waals surface area contributed by atoms with Gasteiger partial charge in [0.1, 0.15) is 11.7 Å². The van der Waals surface area contributed by atoms with Gasteiger partial charge in [0.15, 0.2) is 11.4 Å². The van der Waals surface area contributed by atoms with E-state index in [0.29, 0.717) is 41.7 Å². The molecular formula is C25H25N5O4S. The molecule has 0 atom stereocenters. The third kappa shape index (κ3) is 4.25. The maximum Gasteiger partial charge on any atom is 0.264 e. The van der Waals surface area contributed by atoms with Crippen LogP contribution in [0.5, 0.6) is 0 Å². The first-order chi connectivity index (χ1) is 16.6. The van der Waals surface area contributed by atoms with Crippen molar-refractivity contribution in [1.29, 1.82) is 0 Å². The number of aromatic nitrogens is 4. The van der Waals surface area contributed by atoms with Crippen LogP contribution in [0.2, 0.25) is 0 Å².